The Morgan fingerprint density at radius 2 is 1.71 bits per heavy atom. The van der Waals surface area contributed by atoms with Crippen LogP contribution < -0.4 is 5.32 Å². The van der Waals surface area contributed by atoms with Crippen LogP contribution in [0.2, 0.25) is 0 Å². The molecule has 0 radical (unpaired) electrons. The molecule has 1 heterocycles. The number of rotatable bonds is 4. The van der Waals surface area contributed by atoms with Crippen molar-refractivity contribution in [3.63, 3.8) is 0 Å². The van der Waals surface area contributed by atoms with E-state index in [2.05, 4.69) is 53.4 Å². The molecule has 1 aromatic heterocycles. The van der Waals surface area contributed by atoms with Gasteiger partial charge in [0.05, 0.1) is 22.9 Å². The van der Waals surface area contributed by atoms with Crippen molar-refractivity contribution >= 4 is 11.0 Å². The minimum absolute atomic E-state index is 0.291. The van der Waals surface area contributed by atoms with Crippen LogP contribution in [0.1, 0.15) is 29.8 Å². The molecule has 3 heteroatoms. The first-order valence-corrected chi connectivity index (χ1v) is 7.23. The van der Waals surface area contributed by atoms with Gasteiger partial charge in [-0.05, 0) is 37.1 Å². The summed E-state index contributed by atoms with van der Waals surface area (Å²) in [5.74, 6) is 0. The summed E-state index contributed by atoms with van der Waals surface area (Å²) in [7, 11) is 0. The smallest absolute Gasteiger partial charge is 0.0890 e. The maximum absolute atomic E-state index is 4.64. The Morgan fingerprint density at radius 1 is 1.00 bits per heavy atom. The molecule has 1 unspecified atom stereocenters. The number of fused-ring (bicyclic) bond motifs is 1. The average Bonchev–Trinajstić information content (AvgIpc) is 2.53. The Hall–Kier alpha value is -2.26. The zero-order chi connectivity index (χ0) is 14.7. The Balaban J connectivity index is 1.73. The Kier molecular flexibility index (Phi) is 3.93. The largest absolute Gasteiger partial charge is 0.304 e. The Labute approximate surface area is 125 Å². The first-order valence-electron chi connectivity index (χ1n) is 7.23. The van der Waals surface area contributed by atoms with Gasteiger partial charge < -0.3 is 5.32 Å². The van der Waals surface area contributed by atoms with Gasteiger partial charge in [-0.3, -0.25) is 4.98 Å². The molecular weight excluding hydrogens is 258 g/mol. The van der Waals surface area contributed by atoms with Gasteiger partial charge in [0.25, 0.3) is 0 Å². The summed E-state index contributed by atoms with van der Waals surface area (Å²) in [6.45, 7) is 5.04. The van der Waals surface area contributed by atoms with Gasteiger partial charge in [-0.15, -0.1) is 0 Å². The van der Waals surface area contributed by atoms with E-state index in [1.807, 2.05) is 30.5 Å². The van der Waals surface area contributed by atoms with Crippen molar-refractivity contribution in [2.45, 2.75) is 26.4 Å². The van der Waals surface area contributed by atoms with Gasteiger partial charge in [0.15, 0.2) is 0 Å². The molecule has 0 aliphatic carbocycles. The van der Waals surface area contributed by atoms with Gasteiger partial charge in [-0.25, -0.2) is 4.98 Å². The molecule has 3 aromatic rings. The van der Waals surface area contributed by atoms with Gasteiger partial charge in [0.1, 0.15) is 0 Å². The summed E-state index contributed by atoms with van der Waals surface area (Å²) in [5.41, 5.74) is 5.48. The number of para-hydroxylation sites is 2. The lowest BCUT2D eigenvalue weighted by molar-refractivity contribution is 0.565. The van der Waals surface area contributed by atoms with Gasteiger partial charge in [0.2, 0.25) is 0 Å². The Morgan fingerprint density at radius 3 is 2.52 bits per heavy atom. The normalized spacial score (nSPS) is 12.5. The number of benzene rings is 2. The fourth-order valence-corrected chi connectivity index (χ4v) is 2.52. The van der Waals surface area contributed by atoms with E-state index >= 15 is 0 Å². The first kappa shape index (κ1) is 13.7. The van der Waals surface area contributed by atoms with Gasteiger partial charge >= 0.3 is 0 Å². The van der Waals surface area contributed by atoms with Crippen molar-refractivity contribution in [1.82, 2.24) is 15.3 Å². The summed E-state index contributed by atoms with van der Waals surface area (Å²) in [5, 5.41) is 3.52. The highest BCUT2D eigenvalue weighted by atomic mass is 14.9. The van der Waals surface area contributed by atoms with Crippen LogP contribution in [0, 0.1) is 6.92 Å². The van der Waals surface area contributed by atoms with Crippen LogP contribution in [0.3, 0.4) is 0 Å². The lowest BCUT2D eigenvalue weighted by Crippen LogP contribution is -2.19. The lowest BCUT2D eigenvalue weighted by atomic mass is 10.0. The van der Waals surface area contributed by atoms with E-state index < -0.39 is 0 Å². The second-order valence-corrected chi connectivity index (χ2v) is 5.31. The molecular formula is C18H19N3. The highest BCUT2D eigenvalue weighted by molar-refractivity contribution is 5.73. The maximum Gasteiger partial charge on any atom is 0.0890 e. The zero-order valence-electron chi connectivity index (χ0n) is 12.4. The van der Waals surface area contributed by atoms with Crippen LogP contribution >= 0.6 is 0 Å². The van der Waals surface area contributed by atoms with Crippen molar-refractivity contribution in [3.8, 4) is 0 Å². The van der Waals surface area contributed by atoms with Crippen molar-refractivity contribution in [2.75, 3.05) is 0 Å². The topological polar surface area (TPSA) is 37.8 Å². The number of nitrogens with one attached hydrogen (secondary N) is 1. The average molecular weight is 277 g/mol. The van der Waals surface area contributed by atoms with E-state index in [0.29, 0.717) is 12.6 Å². The van der Waals surface area contributed by atoms with Crippen molar-refractivity contribution in [3.05, 3.63) is 71.5 Å². The van der Waals surface area contributed by atoms with Crippen LogP contribution in [0.15, 0.2) is 54.7 Å². The molecule has 0 aliphatic rings. The van der Waals surface area contributed by atoms with E-state index in [0.717, 1.165) is 16.7 Å². The second-order valence-electron chi connectivity index (χ2n) is 5.31. The summed E-state index contributed by atoms with van der Waals surface area (Å²) in [6.07, 6.45) is 1.85. The van der Waals surface area contributed by atoms with Crippen LogP contribution in [0.5, 0.6) is 0 Å². The fourth-order valence-electron chi connectivity index (χ4n) is 2.52. The van der Waals surface area contributed by atoms with Gasteiger partial charge in [0, 0.05) is 12.6 Å². The van der Waals surface area contributed by atoms with Crippen molar-refractivity contribution in [1.29, 1.82) is 0 Å². The lowest BCUT2D eigenvalue weighted by Gasteiger charge is -2.16. The maximum atomic E-state index is 4.64. The molecule has 1 N–H and O–H groups in total. The van der Waals surface area contributed by atoms with Crippen LogP contribution in [0.25, 0.3) is 11.0 Å². The molecule has 0 aliphatic heterocycles. The minimum Gasteiger partial charge on any atom is -0.304 e. The zero-order valence-corrected chi connectivity index (χ0v) is 12.4. The third-order valence-corrected chi connectivity index (χ3v) is 3.74. The Bertz CT molecular complexity index is 752. The third-order valence-electron chi connectivity index (χ3n) is 3.74. The van der Waals surface area contributed by atoms with E-state index in [4.69, 9.17) is 0 Å². The molecule has 0 saturated heterocycles. The number of aromatic nitrogens is 2. The molecule has 0 bridgehead atoms. The molecule has 3 rings (SSSR count). The quantitative estimate of drug-likeness (QED) is 0.788. The van der Waals surface area contributed by atoms with Crippen LogP contribution in [0.4, 0.5) is 0 Å². The van der Waals surface area contributed by atoms with E-state index in [9.17, 15) is 0 Å². The monoisotopic (exact) mass is 277 g/mol. The SMILES string of the molecule is Cc1ccccc1C(C)NCc1cnc2ccccc2n1. The summed E-state index contributed by atoms with van der Waals surface area (Å²) >= 11 is 0. The predicted molar refractivity (Wildman–Crippen MR) is 86.0 cm³/mol. The molecule has 0 saturated carbocycles. The number of hydrogen-bond acceptors (Lipinski definition) is 3. The second kappa shape index (κ2) is 6.02. The third kappa shape index (κ3) is 3.09. The van der Waals surface area contributed by atoms with E-state index in [-0.39, 0.29) is 0 Å². The summed E-state index contributed by atoms with van der Waals surface area (Å²) < 4.78 is 0. The molecule has 21 heavy (non-hydrogen) atoms. The molecule has 106 valence electrons. The van der Waals surface area contributed by atoms with Gasteiger partial charge in [-0.2, -0.15) is 0 Å². The van der Waals surface area contributed by atoms with E-state index in [1.54, 1.807) is 0 Å². The number of nitrogens with zero attached hydrogens (tertiary/aromatic N) is 2. The predicted octanol–water partition coefficient (Wildman–Crippen LogP) is 3.79. The standard InChI is InChI=1S/C18H19N3/c1-13-7-3-4-8-16(13)14(2)19-11-15-12-20-17-9-5-6-10-18(17)21-15/h3-10,12,14,19H,11H2,1-2H3. The fraction of sp³-hybridized carbons (Fsp3) is 0.222. The van der Waals surface area contributed by atoms with Crippen LogP contribution in [-0.2, 0) is 6.54 Å². The summed E-state index contributed by atoms with van der Waals surface area (Å²) in [6, 6.07) is 16.7. The summed E-state index contributed by atoms with van der Waals surface area (Å²) in [4.78, 5) is 9.09. The van der Waals surface area contributed by atoms with Crippen molar-refractivity contribution in [2.24, 2.45) is 0 Å². The van der Waals surface area contributed by atoms with E-state index in [1.165, 1.54) is 11.1 Å². The number of hydrogen-bond donors (Lipinski definition) is 1. The van der Waals surface area contributed by atoms with Gasteiger partial charge in [-0.1, -0.05) is 36.4 Å². The molecule has 0 amide bonds. The molecule has 0 spiro atoms. The molecule has 2 aromatic carbocycles. The highest BCUT2D eigenvalue weighted by Gasteiger charge is 2.08. The first-order chi connectivity index (χ1) is 10.2. The van der Waals surface area contributed by atoms with Crippen LogP contribution in [-0.4, -0.2) is 9.97 Å². The highest BCUT2D eigenvalue weighted by Crippen LogP contribution is 2.17. The molecule has 0 fully saturated rings. The molecule has 1 atom stereocenters. The van der Waals surface area contributed by atoms with Crippen molar-refractivity contribution < 1.29 is 0 Å². The molecule has 3 nitrogen and oxygen atoms in total. The minimum atomic E-state index is 0.291. The number of aryl methyl sites for hydroxylation is 1.